The molecule has 3 aromatic rings. The molecule has 0 radical (unpaired) electrons. The summed E-state index contributed by atoms with van der Waals surface area (Å²) < 4.78 is 13.2. The molecule has 4 nitrogen and oxygen atoms in total. The molecule has 1 N–H and O–H groups in total. The molecule has 0 bridgehead atoms. The Kier molecular flexibility index (Phi) is 6.56. The normalized spacial score (nSPS) is 17.9. The van der Waals surface area contributed by atoms with Crippen molar-refractivity contribution in [3.05, 3.63) is 106 Å². The second-order valence-corrected chi connectivity index (χ2v) is 8.57. The summed E-state index contributed by atoms with van der Waals surface area (Å²) in [6.45, 7) is 3.12. The number of amides is 2. The van der Waals surface area contributed by atoms with Crippen molar-refractivity contribution in [1.29, 1.82) is 0 Å². The molecule has 2 amide bonds. The maximum atomic E-state index is 13.2. The molecular formula is C26H24ClFN2O2. The number of aryl methyl sites for hydroxylation is 1. The van der Waals surface area contributed by atoms with Gasteiger partial charge in [-0.1, -0.05) is 48.0 Å². The molecule has 1 aliphatic heterocycles. The minimum Gasteiger partial charge on any atom is -0.352 e. The molecular weight excluding hydrogens is 427 g/mol. The lowest BCUT2D eigenvalue weighted by atomic mass is 9.86. The molecule has 1 fully saturated rings. The Morgan fingerprint density at radius 1 is 1.00 bits per heavy atom. The van der Waals surface area contributed by atoms with E-state index in [-0.39, 0.29) is 29.5 Å². The first-order chi connectivity index (χ1) is 15.4. The summed E-state index contributed by atoms with van der Waals surface area (Å²) in [4.78, 5) is 28.0. The highest BCUT2D eigenvalue weighted by atomic mass is 35.5. The van der Waals surface area contributed by atoms with E-state index in [1.165, 1.54) is 12.1 Å². The van der Waals surface area contributed by atoms with Crippen LogP contribution in [0.5, 0.6) is 0 Å². The van der Waals surface area contributed by atoms with Crippen molar-refractivity contribution >= 4 is 23.4 Å². The molecule has 0 aromatic heterocycles. The van der Waals surface area contributed by atoms with Gasteiger partial charge in [0.2, 0.25) is 5.91 Å². The maximum Gasteiger partial charge on any atom is 0.253 e. The fraction of sp³-hybridized carbons (Fsp3) is 0.231. The molecule has 164 valence electrons. The second kappa shape index (κ2) is 9.53. The summed E-state index contributed by atoms with van der Waals surface area (Å²) in [6, 6.07) is 20.8. The van der Waals surface area contributed by atoms with Crippen molar-refractivity contribution < 1.29 is 14.0 Å². The molecule has 2 atom stereocenters. The van der Waals surface area contributed by atoms with Gasteiger partial charge in [-0.25, -0.2) is 4.39 Å². The van der Waals surface area contributed by atoms with E-state index in [4.69, 9.17) is 11.6 Å². The van der Waals surface area contributed by atoms with E-state index in [2.05, 4.69) is 5.32 Å². The van der Waals surface area contributed by atoms with E-state index in [0.717, 1.165) is 16.7 Å². The molecule has 1 saturated heterocycles. The Morgan fingerprint density at radius 2 is 1.69 bits per heavy atom. The van der Waals surface area contributed by atoms with Gasteiger partial charge in [-0.2, -0.15) is 0 Å². The lowest BCUT2D eigenvalue weighted by molar-refractivity contribution is -0.125. The van der Waals surface area contributed by atoms with Gasteiger partial charge < -0.3 is 10.2 Å². The third-order valence-electron chi connectivity index (χ3n) is 6.00. The number of benzene rings is 3. The summed E-state index contributed by atoms with van der Waals surface area (Å²) in [6.07, 6.45) is 0. The minimum absolute atomic E-state index is 0.110. The van der Waals surface area contributed by atoms with Crippen LogP contribution in [0.3, 0.4) is 0 Å². The number of halogens is 2. The smallest absolute Gasteiger partial charge is 0.253 e. The molecule has 4 rings (SSSR count). The quantitative estimate of drug-likeness (QED) is 0.597. The molecule has 0 spiro atoms. The molecule has 1 heterocycles. The van der Waals surface area contributed by atoms with E-state index in [9.17, 15) is 14.0 Å². The highest BCUT2D eigenvalue weighted by Gasteiger charge is 2.41. The third kappa shape index (κ3) is 4.83. The predicted octanol–water partition coefficient (Wildman–Crippen LogP) is 4.96. The zero-order valence-electron chi connectivity index (χ0n) is 17.7. The first-order valence-electron chi connectivity index (χ1n) is 10.5. The maximum absolute atomic E-state index is 13.2. The number of rotatable bonds is 5. The van der Waals surface area contributed by atoms with Crippen LogP contribution in [0.2, 0.25) is 5.02 Å². The zero-order chi connectivity index (χ0) is 22.7. The van der Waals surface area contributed by atoms with Gasteiger partial charge in [0.1, 0.15) is 5.82 Å². The fourth-order valence-corrected chi connectivity index (χ4v) is 4.38. The predicted molar refractivity (Wildman–Crippen MR) is 123 cm³/mol. The molecule has 6 heteroatoms. The van der Waals surface area contributed by atoms with Gasteiger partial charge in [0.05, 0.1) is 5.92 Å². The Bertz CT molecular complexity index is 1120. The number of nitrogens with zero attached hydrogens (tertiary/aromatic N) is 1. The van der Waals surface area contributed by atoms with Gasteiger partial charge in [-0.3, -0.25) is 9.59 Å². The van der Waals surface area contributed by atoms with Gasteiger partial charge in [0.15, 0.2) is 0 Å². The summed E-state index contributed by atoms with van der Waals surface area (Å²) >= 11 is 5.96. The van der Waals surface area contributed by atoms with Crippen LogP contribution in [0.4, 0.5) is 4.39 Å². The second-order valence-electron chi connectivity index (χ2n) is 8.13. The summed E-state index contributed by atoms with van der Waals surface area (Å²) in [5, 5.41) is 3.54. The van der Waals surface area contributed by atoms with E-state index < -0.39 is 0 Å². The van der Waals surface area contributed by atoms with Crippen molar-refractivity contribution in [3.8, 4) is 0 Å². The number of hydrogen-bond donors (Lipinski definition) is 1. The average Bonchev–Trinajstić information content (AvgIpc) is 3.24. The van der Waals surface area contributed by atoms with Gasteiger partial charge in [-0.05, 0) is 60.0 Å². The summed E-state index contributed by atoms with van der Waals surface area (Å²) in [7, 11) is 0. The van der Waals surface area contributed by atoms with Crippen LogP contribution in [-0.4, -0.2) is 29.8 Å². The van der Waals surface area contributed by atoms with Gasteiger partial charge in [0, 0.05) is 36.1 Å². The highest BCUT2D eigenvalue weighted by Crippen LogP contribution is 2.35. The van der Waals surface area contributed by atoms with Gasteiger partial charge >= 0.3 is 0 Å². The van der Waals surface area contributed by atoms with Crippen LogP contribution >= 0.6 is 11.6 Å². The van der Waals surface area contributed by atoms with E-state index in [1.807, 2.05) is 31.2 Å². The molecule has 3 aromatic carbocycles. The Labute approximate surface area is 192 Å². The van der Waals surface area contributed by atoms with Crippen molar-refractivity contribution in [2.75, 3.05) is 13.1 Å². The first kappa shape index (κ1) is 22.0. The number of carbonyl (C=O) groups excluding carboxylic acids is 2. The van der Waals surface area contributed by atoms with Gasteiger partial charge in [-0.15, -0.1) is 0 Å². The monoisotopic (exact) mass is 450 g/mol. The van der Waals surface area contributed by atoms with Crippen LogP contribution in [0.1, 0.15) is 33.0 Å². The van der Waals surface area contributed by atoms with Crippen LogP contribution in [0, 0.1) is 18.7 Å². The van der Waals surface area contributed by atoms with Crippen molar-refractivity contribution in [2.24, 2.45) is 5.92 Å². The van der Waals surface area contributed by atoms with E-state index in [1.54, 1.807) is 41.3 Å². The minimum atomic E-state index is -0.382. The van der Waals surface area contributed by atoms with Crippen molar-refractivity contribution in [1.82, 2.24) is 10.2 Å². The zero-order valence-corrected chi connectivity index (χ0v) is 18.5. The average molecular weight is 451 g/mol. The Hall–Kier alpha value is -3.18. The molecule has 0 aliphatic carbocycles. The summed E-state index contributed by atoms with van der Waals surface area (Å²) in [5.74, 6) is -1.04. The van der Waals surface area contributed by atoms with E-state index in [0.29, 0.717) is 30.2 Å². The van der Waals surface area contributed by atoms with E-state index >= 15 is 0 Å². The number of hydrogen-bond acceptors (Lipinski definition) is 2. The molecule has 0 unspecified atom stereocenters. The Morgan fingerprint density at radius 3 is 2.38 bits per heavy atom. The van der Waals surface area contributed by atoms with Crippen LogP contribution < -0.4 is 5.32 Å². The first-order valence-corrected chi connectivity index (χ1v) is 10.9. The number of carbonyl (C=O) groups is 2. The highest BCUT2D eigenvalue weighted by molar-refractivity contribution is 6.30. The Balaban J connectivity index is 1.55. The summed E-state index contributed by atoms with van der Waals surface area (Å²) in [5.41, 5.74) is 3.53. The van der Waals surface area contributed by atoms with Crippen LogP contribution in [0.25, 0.3) is 0 Å². The van der Waals surface area contributed by atoms with Crippen molar-refractivity contribution in [2.45, 2.75) is 19.4 Å². The largest absolute Gasteiger partial charge is 0.352 e. The molecule has 32 heavy (non-hydrogen) atoms. The fourth-order valence-electron chi connectivity index (χ4n) is 4.25. The topological polar surface area (TPSA) is 49.4 Å². The number of likely N-dealkylation sites (tertiary alicyclic amines) is 1. The third-order valence-corrected chi connectivity index (χ3v) is 6.25. The van der Waals surface area contributed by atoms with Crippen LogP contribution in [-0.2, 0) is 11.3 Å². The lowest BCUT2D eigenvalue weighted by Crippen LogP contribution is -2.35. The van der Waals surface area contributed by atoms with Gasteiger partial charge in [0.25, 0.3) is 5.91 Å². The van der Waals surface area contributed by atoms with Crippen molar-refractivity contribution in [3.63, 3.8) is 0 Å². The van der Waals surface area contributed by atoms with Crippen LogP contribution in [0.15, 0.2) is 72.8 Å². The molecule has 0 saturated carbocycles. The lowest BCUT2D eigenvalue weighted by Gasteiger charge is -2.20. The SMILES string of the molecule is Cc1ccccc1[C@@H]1CN(C(=O)c2ccc(Cl)cc2)C[C@H]1C(=O)NCc1ccc(F)cc1. The standard InChI is InChI=1S/C26H24ClFN2O2/c1-17-4-2-3-5-22(17)23-15-30(26(32)19-8-10-20(27)11-9-19)16-24(23)25(31)29-14-18-6-12-21(28)13-7-18/h2-13,23-24H,14-16H2,1H3,(H,29,31)/t23-,24+/m0/s1. The number of nitrogens with one attached hydrogen (secondary N) is 1. The molecule has 1 aliphatic rings.